The fourth-order valence-electron chi connectivity index (χ4n) is 1.79. The van der Waals surface area contributed by atoms with E-state index >= 15 is 0 Å². The van der Waals surface area contributed by atoms with Crippen LogP contribution >= 0.6 is 0 Å². The van der Waals surface area contributed by atoms with E-state index in [1.165, 1.54) is 6.07 Å². The first kappa shape index (κ1) is 10.5. The smallest absolute Gasteiger partial charge is 0.356 e. The first-order valence-corrected chi connectivity index (χ1v) is 5.42. The number of hydrogen-bond donors (Lipinski definition) is 1. The number of rotatable bonds is 3. The molecule has 6 heteroatoms. The highest BCUT2D eigenvalue weighted by molar-refractivity contribution is 5.85. The lowest BCUT2D eigenvalue weighted by Gasteiger charge is -1.95. The topological polar surface area (TPSA) is 72.4 Å². The van der Waals surface area contributed by atoms with Gasteiger partial charge in [-0.25, -0.2) is 9.78 Å². The van der Waals surface area contributed by atoms with E-state index in [1.54, 1.807) is 10.9 Å². The summed E-state index contributed by atoms with van der Waals surface area (Å²) in [6.45, 7) is 0.453. The lowest BCUT2D eigenvalue weighted by atomic mass is 10.4. The summed E-state index contributed by atoms with van der Waals surface area (Å²) in [6, 6.07) is 7.23. The van der Waals surface area contributed by atoms with Crippen LogP contribution < -0.4 is 0 Å². The molecule has 0 aliphatic rings. The van der Waals surface area contributed by atoms with Gasteiger partial charge in [0.05, 0.1) is 12.2 Å². The van der Waals surface area contributed by atoms with Crippen LogP contribution in [0.25, 0.3) is 5.65 Å². The normalized spacial score (nSPS) is 10.9. The van der Waals surface area contributed by atoms with Gasteiger partial charge in [-0.2, -0.15) is 5.10 Å². The number of aromatic nitrogens is 4. The predicted molar refractivity (Wildman–Crippen MR) is 63.5 cm³/mol. The standard InChI is InChI=1S/C12H10N4O2/c17-12(18)10-4-6-16(14-10)8-9-7-15-5-2-1-3-11(15)13-9/h1-7H,8H2,(H,17,18). The third kappa shape index (κ3) is 1.84. The van der Waals surface area contributed by atoms with E-state index in [2.05, 4.69) is 10.1 Å². The van der Waals surface area contributed by atoms with Gasteiger partial charge in [-0.15, -0.1) is 0 Å². The summed E-state index contributed by atoms with van der Waals surface area (Å²) in [5.74, 6) is -1.02. The maximum atomic E-state index is 10.7. The Bertz CT molecular complexity index is 681. The largest absolute Gasteiger partial charge is 0.476 e. The van der Waals surface area contributed by atoms with E-state index in [9.17, 15) is 4.79 Å². The van der Waals surface area contributed by atoms with Crippen LogP contribution in [0.15, 0.2) is 42.9 Å². The number of aromatic carboxylic acids is 1. The number of carboxylic acid groups (broad SMARTS) is 1. The molecular weight excluding hydrogens is 232 g/mol. The summed E-state index contributed by atoms with van der Waals surface area (Å²) < 4.78 is 3.47. The van der Waals surface area contributed by atoms with E-state index in [1.807, 2.05) is 35.0 Å². The number of imidazole rings is 1. The molecule has 0 saturated carbocycles. The van der Waals surface area contributed by atoms with Gasteiger partial charge < -0.3 is 9.51 Å². The quantitative estimate of drug-likeness (QED) is 0.750. The van der Waals surface area contributed by atoms with Crippen LogP contribution in [0.2, 0.25) is 0 Å². The molecule has 90 valence electrons. The van der Waals surface area contributed by atoms with E-state index in [-0.39, 0.29) is 5.69 Å². The molecule has 0 spiro atoms. The van der Waals surface area contributed by atoms with Gasteiger partial charge in [0, 0.05) is 18.6 Å². The SMILES string of the molecule is O=C(O)c1ccn(Cc2cn3ccccc3n2)n1. The van der Waals surface area contributed by atoms with Crippen molar-refractivity contribution in [2.24, 2.45) is 0 Å². The van der Waals surface area contributed by atoms with Gasteiger partial charge in [-0.05, 0) is 18.2 Å². The molecule has 0 amide bonds. The molecule has 3 heterocycles. The van der Waals surface area contributed by atoms with E-state index in [4.69, 9.17) is 5.11 Å². The fourth-order valence-corrected chi connectivity index (χ4v) is 1.79. The van der Waals surface area contributed by atoms with Crippen LogP contribution in [0.4, 0.5) is 0 Å². The Hall–Kier alpha value is -2.63. The van der Waals surface area contributed by atoms with Gasteiger partial charge in [-0.1, -0.05) is 6.07 Å². The molecule has 1 N–H and O–H groups in total. The number of pyridine rings is 1. The van der Waals surface area contributed by atoms with Crippen molar-refractivity contribution in [3.8, 4) is 0 Å². The van der Waals surface area contributed by atoms with Crippen LogP contribution in [0.1, 0.15) is 16.2 Å². The minimum absolute atomic E-state index is 0.0405. The van der Waals surface area contributed by atoms with E-state index in [0.29, 0.717) is 6.54 Å². The molecular formula is C12H10N4O2. The minimum Gasteiger partial charge on any atom is -0.476 e. The summed E-state index contributed by atoms with van der Waals surface area (Å²) in [5, 5.41) is 12.7. The Morgan fingerprint density at radius 1 is 1.28 bits per heavy atom. The number of nitrogens with zero attached hydrogens (tertiary/aromatic N) is 4. The third-order valence-corrected chi connectivity index (χ3v) is 2.60. The van der Waals surface area contributed by atoms with Crippen molar-refractivity contribution in [3.63, 3.8) is 0 Å². The van der Waals surface area contributed by atoms with Crippen molar-refractivity contribution >= 4 is 11.6 Å². The average molecular weight is 242 g/mol. The lowest BCUT2D eigenvalue weighted by Crippen LogP contribution is -2.04. The Labute approximate surface area is 102 Å². The Balaban J connectivity index is 1.88. The Kier molecular flexibility index (Phi) is 2.33. The van der Waals surface area contributed by atoms with Gasteiger partial charge in [0.25, 0.3) is 0 Å². The zero-order valence-corrected chi connectivity index (χ0v) is 9.39. The second kappa shape index (κ2) is 3.99. The molecule has 0 atom stereocenters. The molecule has 0 aliphatic carbocycles. The Morgan fingerprint density at radius 3 is 2.89 bits per heavy atom. The van der Waals surface area contributed by atoms with Gasteiger partial charge in [0.1, 0.15) is 5.65 Å². The molecule has 18 heavy (non-hydrogen) atoms. The van der Waals surface area contributed by atoms with E-state index < -0.39 is 5.97 Å². The average Bonchev–Trinajstić information content (AvgIpc) is 2.94. The van der Waals surface area contributed by atoms with Gasteiger partial charge in [0.15, 0.2) is 5.69 Å². The molecule has 6 nitrogen and oxygen atoms in total. The summed E-state index contributed by atoms with van der Waals surface area (Å²) in [7, 11) is 0. The molecule has 0 saturated heterocycles. The lowest BCUT2D eigenvalue weighted by molar-refractivity contribution is 0.0689. The van der Waals surface area contributed by atoms with Crippen molar-refractivity contribution in [1.29, 1.82) is 0 Å². The number of carbonyl (C=O) groups is 1. The highest BCUT2D eigenvalue weighted by Gasteiger charge is 2.08. The molecule has 3 aromatic heterocycles. The molecule has 0 bridgehead atoms. The monoisotopic (exact) mass is 242 g/mol. The maximum absolute atomic E-state index is 10.7. The zero-order chi connectivity index (χ0) is 12.5. The van der Waals surface area contributed by atoms with Crippen molar-refractivity contribution < 1.29 is 9.90 Å². The molecule has 0 unspecified atom stereocenters. The summed E-state index contributed by atoms with van der Waals surface area (Å²) in [5.41, 5.74) is 1.73. The maximum Gasteiger partial charge on any atom is 0.356 e. The van der Waals surface area contributed by atoms with Crippen molar-refractivity contribution in [3.05, 3.63) is 54.2 Å². The summed E-state index contributed by atoms with van der Waals surface area (Å²) in [4.78, 5) is 15.1. The zero-order valence-electron chi connectivity index (χ0n) is 9.39. The minimum atomic E-state index is -1.02. The highest BCUT2D eigenvalue weighted by atomic mass is 16.4. The molecule has 0 aromatic carbocycles. The molecule has 0 fully saturated rings. The van der Waals surface area contributed by atoms with Crippen LogP contribution in [0.3, 0.4) is 0 Å². The number of fused-ring (bicyclic) bond motifs is 1. The second-order valence-corrected chi connectivity index (χ2v) is 3.90. The van der Waals surface area contributed by atoms with Crippen molar-refractivity contribution in [2.75, 3.05) is 0 Å². The molecule has 0 aliphatic heterocycles. The van der Waals surface area contributed by atoms with Crippen LogP contribution in [-0.4, -0.2) is 30.2 Å². The molecule has 3 aromatic rings. The summed E-state index contributed by atoms with van der Waals surface area (Å²) in [6.07, 6.45) is 5.45. The van der Waals surface area contributed by atoms with Gasteiger partial charge >= 0.3 is 5.97 Å². The third-order valence-electron chi connectivity index (χ3n) is 2.60. The van der Waals surface area contributed by atoms with E-state index in [0.717, 1.165) is 11.3 Å². The molecule has 0 radical (unpaired) electrons. The van der Waals surface area contributed by atoms with Crippen molar-refractivity contribution in [1.82, 2.24) is 19.2 Å². The predicted octanol–water partition coefficient (Wildman–Crippen LogP) is 1.28. The first-order valence-electron chi connectivity index (χ1n) is 5.42. The number of hydrogen-bond acceptors (Lipinski definition) is 3. The number of carboxylic acids is 1. The second-order valence-electron chi connectivity index (χ2n) is 3.90. The van der Waals surface area contributed by atoms with Crippen molar-refractivity contribution in [2.45, 2.75) is 6.54 Å². The fraction of sp³-hybridized carbons (Fsp3) is 0.0833. The van der Waals surface area contributed by atoms with Crippen LogP contribution in [0, 0.1) is 0 Å². The van der Waals surface area contributed by atoms with Crippen LogP contribution in [-0.2, 0) is 6.54 Å². The Morgan fingerprint density at radius 2 is 2.17 bits per heavy atom. The first-order chi connectivity index (χ1) is 8.72. The summed E-state index contributed by atoms with van der Waals surface area (Å²) >= 11 is 0. The molecule has 3 rings (SSSR count). The van der Waals surface area contributed by atoms with Gasteiger partial charge in [-0.3, -0.25) is 4.68 Å². The van der Waals surface area contributed by atoms with Gasteiger partial charge in [0.2, 0.25) is 0 Å². The highest BCUT2D eigenvalue weighted by Crippen LogP contribution is 2.06. The van der Waals surface area contributed by atoms with Crippen LogP contribution in [0.5, 0.6) is 0 Å².